The molecular formula is C36H50ClF3N2O3. The summed E-state index contributed by atoms with van der Waals surface area (Å²) >= 11 is 6.46. The highest BCUT2D eigenvalue weighted by Crippen LogP contribution is 2.41. The zero-order valence-corrected chi connectivity index (χ0v) is 28.2. The van der Waals surface area contributed by atoms with Gasteiger partial charge in [0.15, 0.2) is 0 Å². The molecule has 45 heavy (non-hydrogen) atoms. The molecule has 2 fully saturated rings. The van der Waals surface area contributed by atoms with Crippen molar-refractivity contribution < 1.29 is 27.8 Å². The molecule has 0 radical (unpaired) electrons. The van der Waals surface area contributed by atoms with Crippen molar-refractivity contribution in [2.24, 2.45) is 5.41 Å². The Labute approximate surface area is 272 Å². The van der Waals surface area contributed by atoms with E-state index in [0.29, 0.717) is 42.7 Å². The van der Waals surface area contributed by atoms with Crippen LogP contribution in [0.5, 0.6) is 0 Å². The monoisotopic (exact) mass is 650 g/mol. The van der Waals surface area contributed by atoms with Crippen molar-refractivity contribution in [1.29, 1.82) is 0 Å². The number of carbonyl (C=O) groups is 1. The van der Waals surface area contributed by atoms with Crippen LogP contribution in [0.4, 0.5) is 13.2 Å². The number of benzene rings is 2. The first-order chi connectivity index (χ1) is 21.1. The number of halogens is 4. The van der Waals surface area contributed by atoms with Gasteiger partial charge in [0, 0.05) is 11.6 Å². The molecule has 0 bridgehead atoms. The lowest BCUT2D eigenvalue weighted by molar-refractivity contribution is -0.188. The number of carboxylic acids is 1. The number of ether oxygens (including phenoxy) is 1. The third-order valence-electron chi connectivity index (χ3n) is 9.95. The first-order valence-electron chi connectivity index (χ1n) is 16.3. The summed E-state index contributed by atoms with van der Waals surface area (Å²) < 4.78 is 43.2. The fourth-order valence-electron chi connectivity index (χ4n) is 7.54. The van der Waals surface area contributed by atoms with E-state index < -0.39 is 30.9 Å². The Kier molecular flexibility index (Phi) is 12.1. The highest BCUT2D eigenvalue weighted by molar-refractivity contribution is 6.30. The van der Waals surface area contributed by atoms with Crippen LogP contribution in [-0.2, 0) is 9.53 Å². The van der Waals surface area contributed by atoms with Gasteiger partial charge in [-0.05, 0) is 143 Å². The number of likely N-dealkylation sites (tertiary alicyclic amines) is 1. The van der Waals surface area contributed by atoms with Gasteiger partial charge in [-0.2, -0.15) is 13.2 Å². The third kappa shape index (κ3) is 9.93. The number of alkyl halides is 3. The number of carboxylic acid groups (broad SMARTS) is 1. The molecule has 1 aliphatic heterocycles. The average Bonchev–Trinajstić information content (AvgIpc) is 3.31. The molecule has 2 atom stereocenters. The molecular weight excluding hydrogens is 601 g/mol. The van der Waals surface area contributed by atoms with E-state index in [1.54, 1.807) is 0 Å². The van der Waals surface area contributed by atoms with Crippen molar-refractivity contribution in [1.82, 2.24) is 9.80 Å². The van der Waals surface area contributed by atoms with E-state index >= 15 is 0 Å². The van der Waals surface area contributed by atoms with Gasteiger partial charge in [-0.1, -0.05) is 49.7 Å². The maximum Gasteiger partial charge on any atom is 0.411 e. The second-order valence-corrected chi connectivity index (χ2v) is 14.6. The smallest absolute Gasteiger partial charge is 0.411 e. The minimum absolute atomic E-state index is 0.0776. The number of aliphatic carboxylic acids is 1. The molecule has 250 valence electrons. The number of aryl methyl sites for hydroxylation is 2. The minimum atomic E-state index is -4.34. The van der Waals surface area contributed by atoms with Gasteiger partial charge in [0.1, 0.15) is 12.6 Å². The predicted octanol–water partition coefficient (Wildman–Crippen LogP) is 8.92. The average molecular weight is 651 g/mol. The molecule has 1 heterocycles. The summed E-state index contributed by atoms with van der Waals surface area (Å²) in [4.78, 5) is 17.4. The van der Waals surface area contributed by atoms with E-state index in [1.807, 2.05) is 43.1 Å². The summed E-state index contributed by atoms with van der Waals surface area (Å²) in [5.41, 5.74) is 5.57. The van der Waals surface area contributed by atoms with Gasteiger partial charge >= 0.3 is 12.1 Å². The van der Waals surface area contributed by atoms with E-state index in [4.69, 9.17) is 16.3 Å². The van der Waals surface area contributed by atoms with E-state index in [2.05, 4.69) is 37.8 Å². The van der Waals surface area contributed by atoms with E-state index in [9.17, 15) is 23.1 Å². The van der Waals surface area contributed by atoms with Crippen LogP contribution in [0.15, 0.2) is 36.4 Å². The highest BCUT2D eigenvalue weighted by atomic mass is 35.5. The maximum absolute atomic E-state index is 12.9. The molecule has 0 amide bonds. The van der Waals surface area contributed by atoms with Gasteiger partial charge in [-0.3, -0.25) is 9.69 Å². The van der Waals surface area contributed by atoms with Crippen LogP contribution in [0.25, 0.3) is 0 Å². The fraction of sp³-hybridized carbons (Fsp3) is 0.639. The lowest BCUT2D eigenvalue weighted by Crippen LogP contribution is -2.34. The van der Waals surface area contributed by atoms with Crippen LogP contribution >= 0.6 is 11.6 Å². The Morgan fingerprint density at radius 3 is 2.42 bits per heavy atom. The van der Waals surface area contributed by atoms with Crippen LogP contribution in [0.1, 0.15) is 104 Å². The number of rotatable bonds is 13. The zero-order valence-electron chi connectivity index (χ0n) is 27.4. The van der Waals surface area contributed by atoms with E-state index in [0.717, 1.165) is 49.2 Å². The van der Waals surface area contributed by atoms with Crippen LogP contribution in [0, 0.1) is 19.3 Å². The van der Waals surface area contributed by atoms with Crippen LogP contribution in [0.2, 0.25) is 5.02 Å². The van der Waals surface area contributed by atoms with Gasteiger partial charge in [-0.25, -0.2) is 0 Å². The Morgan fingerprint density at radius 2 is 1.80 bits per heavy atom. The fourth-order valence-corrected chi connectivity index (χ4v) is 7.72. The maximum atomic E-state index is 12.9. The summed E-state index contributed by atoms with van der Waals surface area (Å²) in [5.74, 6) is -0.594. The summed E-state index contributed by atoms with van der Waals surface area (Å²) in [6, 6.07) is 11.0. The van der Waals surface area contributed by atoms with Crippen LogP contribution in [-0.4, -0.2) is 73.0 Å². The van der Waals surface area contributed by atoms with Gasteiger partial charge in [0.2, 0.25) is 0 Å². The lowest BCUT2D eigenvalue weighted by Gasteiger charge is -2.34. The molecule has 4 rings (SSSR count). The number of hydrogen-bond acceptors (Lipinski definition) is 4. The molecule has 2 aliphatic rings. The van der Waals surface area contributed by atoms with Crippen molar-refractivity contribution in [3.63, 3.8) is 0 Å². The molecule has 1 saturated carbocycles. The largest absolute Gasteiger partial charge is 0.480 e. The van der Waals surface area contributed by atoms with Crippen molar-refractivity contribution in [3.8, 4) is 0 Å². The second kappa shape index (κ2) is 15.2. The first-order valence-corrected chi connectivity index (χ1v) is 16.7. The zero-order chi connectivity index (χ0) is 32.9. The SMILES string of the molecule is Cc1ccc(Cl)cc1[C@@H](CCN1CCC(C)(C)C1)CCN(C)C(C(=O)O)c1cccc(C)c1C1CCC(OCC(F)(F)F)CC1. The molecule has 0 spiro atoms. The number of nitrogens with zero attached hydrogens (tertiary/aromatic N) is 2. The van der Waals surface area contributed by atoms with E-state index in [1.165, 1.54) is 17.5 Å². The topological polar surface area (TPSA) is 53.0 Å². The Morgan fingerprint density at radius 1 is 1.09 bits per heavy atom. The summed E-state index contributed by atoms with van der Waals surface area (Å²) in [6.45, 7) is 11.3. The standard InChI is InChI=1S/C36H50ClF3N2O3/c1-24-9-12-28(37)21-31(24)26(16-19-42-20-17-35(3,4)22-42)15-18-41(5)33(34(43)44)30-8-6-7-25(2)32(30)27-10-13-29(14-11-27)45-23-36(38,39)40/h6-9,12,21,26-27,29,33H,10-11,13-20,22-23H2,1-5H3,(H,43,44)/t26-,27?,29?,33?/m1/s1. The second-order valence-electron chi connectivity index (χ2n) is 14.2. The van der Waals surface area contributed by atoms with Crippen molar-refractivity contribution >= 4 is 17.6 Å². The van der Waals surface area contributed by atoms with Crippen molar-refractivity contribution in [3.05, 3.63) is 69.2 Å². The van der Waals surface area contributed by atoms with Gasteiger partial charge in [0.25, 0.3) is 0 Å². The Balaban J connectivity index is 1.50. The third-order valence-corrected chi connectivity index (χ3v) is 10.2. The van der Waals surface area contributed by atoms with Crippen molar-refractivity contribution in [2.45, 2.75) is 103 Å². The van der Waals surface area contributed by atoms with Crippen LogP contribution < -0.4 is 0 Å². The van der Waals surface area contributed by atoms with Gasteiger partial charge in [-0.15, -0.1) is 0 Å². The first kappa shape index (κ1) is 35.7. The molecule has 1 N–H and O–H groups in total. The number of likely N-dealkylation sites (N-methyl/N-ethyl adjacent to an activating group) is 1. The molecule has 2 aromatic carbocycles. The van der Waals surface area contributed by atoms with Gasteiger partial charge in [0.05, 0.1) is 6.10 Å². The van der Waals surface area contributed by atoms with Gasteiger partial charge < -0.3 is 14.7 Å². The molecule has 1 aliphatic carbocycles. The Hall–Kier alpha value is -2.13. The lowest BCUT2D eigenvalue weighted by atomic mass is 9.77. The summed E-state index contributed by atoms with van der Waals surface area (Å²) in [6.07, 6.45) is 0.576. The molecule has 1 saturated heterocycles. The van der Waals surface area contributed by atoms with Crippen LogP contribution in [0.3, 0.4) is 0 Å². The summed E-state index contributed by atoms with van der Waals surface area (Å²) in [7, 11) is 1.89. The molecule has 1 unspecified atom stereocenters. The quantitative estimate of drug-likeness (QED) is 0.235. The Bertz CT molecular complexity index is 1290. The normalized spacial score (nSPS) is 22.1. The molecule has 9 heteroatoms. The highest BCUT2D eigenvalue weighted by Gasteiger charge is 2.35. The summed E-state index contributed by atoms with van der Waals surface area (Å²) in [5, 5.41) is 11.3. The minimum Gasteiger partial charge on any atom is -0.480 e. The predicted molar refractivity (Wildman–Crippen MR) is 174 cm³/mol. The molecule has 0 aromatic heterocycles. The molecule has 5 nitrogen and oxygen atoms in total. The molecule has 2 aromatic rings. The van der Waals surface area contributed by atoms with E-state index in [-0.39, 0.29) is 11.8 Å². The number of hydrogen-bond donors (Lipinski definition) is 1. The van der Waals surface area contributed by atoms with Crippen molar-refractivity contribution in [2.75, 3.05) is 39.8 Å².